The van der Waals surface area contributed by atoms with Gasteiger partial charge >= 0.3 is 5.97 Å². The zero-order valence-corrected chi connectivity index (χ0v) is 21.8. The van der Waals surface area contributed by atoms with Gasteiger partial charge in [-0.25, -0.2) is 18.9 Å². The van der Waals surface area contributed by atoms with E-state index in [-0.39, 0.29) is 24.8 Å². The summed E-state index contributed by atoms with van der Waals surface area (Å²) in [4.78, 5) is 17.5. The summed E-state index contributed by atoms with van der Waals surface area (Å²) in [6, 6.07) is 12.6. The maximum atomic E-state index is 13.7. The van der Waals surface area contributed by atoms with Gasteiger partial charge in [-0.1, -0.05) is 19.6 Å². The fourth-order valence-corrected chi connectivity index (χ4v) is 4.54. The second-order valence-corrected chi connectivity index (χ2v) is 15.2. The summed E-state index contributed by atoms with van der Waals surface area (Å²) in [5.41, 5.74) is 3.42. The maximum absolute atomic E-state index is 13.7. The number of nitrogens with zero attached hydrogens (tertiary/aromatic N) is 5. The molecule has 3 aromatic heterocycles. The van der Waals surface area contributed by atoms with Crippen molar-refractivity contribution >= 4 is 19.7 Å². The standard InChI is InChI=1S/C26H28FN5O3Si/c1-5-35-26(33)25-23(19-8-11-22-29-15-21(14-28)31(22)16-19)24(18-6-9-20(27)10-7-18)30-32(25)17-34-12-13-36(2,3)4/h6-11,15-16H,5,12-13,17H2,1-4H3. The smallest absolute Gasteiger partial charge is 0.357 e. The number of benzene rings is 1. The van der Waals surface area contributed by atoms with Crippen LogP contribution in [-0.4, -0.2) is 46.4 Å². The third-order valence-electron chi connectivity index (χ3n) is 5.66. The van der Waals surface area contributed by atoms with E-state index in [0.29, 0.717) is 40.3 Å². The molecule has 36 heavy (non-hydrogen) atoms. The molecular weight excluding hydrogens is 477 g/mol. The number of carbonyl (C=O) groups is 1. The topological polar surface area (TPSA) is 94.4 Å². The Morgan fingerprint density at radius 2 is 1.86 bits per heavy atom. The van der Waals surface area contributed by atoms with Gasteiger partial charge in [-0.2, -0.15) is 10.4 Å². The summed E-state index contributed by atoms with van der Waals surface area (Å²) >= 11 is 0. The Balaban J connectivity index is 1.89. The number of fused-ring (bicyclic) bond motifs is 1. The molecule has 0 atom stereocenters. The molecule has 4 rings (SSSR count). The maximum Gasteiger partial charge on any atom is 0.357 e. The molecule has 0 saturated carbocycles. The van der Waals surface area contributed by atoms with Gasteiger partial charge in [0.05, 0.1) is 12.8 Å². The van der Waals surface area contributed by atoms with E-state index >= 15 is 0 Å². The van der Waals surface area contributed by atoms with E-state index in [1.165, 1.54) is 23.0 Å². The highest BCUT2D eigenvalue weighted by Crippen LogP contribution is 2.36. The Morgan fingerprint density at radius 1 is 1.14 bits per heavy atom. The molecule has 8 nitrogen and oxygen atoms in total. The third-order valence-corrected chi connectivity index (χ3v) is 7.36. The van der Waals surface area contributed by atoms with E-state index in [1.807, 2.05) is 6.07 Å². The number of ether oxygens (including phenoxy) is 2. The van der Waals surface area contributed by atoms with Crippen LogP contribution in [0, 0.1) is 17.1 Å². The van der Waals surface area contributed by atoms with Crippen LogP contribution in [-0.2, 0) is 16.2 Å². The van der Waals surface area contributed by atoms with Crippen molar-refractivity contribution in [3.8, 4) is 28.5 Å². The summed E-state index contributed by atoms with van der Waals surface area (Å²) in [5, 5.41) is 14.2. The highest BCUT2D eigenvalue weighted by molar-refractivity contribution is 6.76. The Labute approximate surface area is 209 Å². The second-order valence-electron chi connectivity index (χ2n) is 9.55. The number of nitriles is 1. The van der Waals surface area contributed by atoms with E-state index in [0.717, 1.165) is 6.04 Å². The highest BCUT2D eigenvalue weighted by atomic mass is 28.3. The molecule has 0 bridgehead atoms. The van der Waals surface area contributed by atoms with Gasteiger partial charge in [-0.3, -0.25) is 4.40 Å². The lowest BCUT2D eigenvalue weighted by Crippen LogP contribution is -2.22. The van der Waals surface area contributed by atoms with Crippen molar-refractivity contribution in [2.45, 2.75) is 39.3 Å². The minimum atomic E-state index is -1.31. The summed E-state index contributed by atoms with van der Waals surface area (Å²) in [7, 11) is -1.31. The fourth-order valence-electron chi connectivity index (χ4n) is 3.79. The Morgan fingerprint density at radius 3 is 2.53 bits per heavy atom. The van der Waals surface area contributed by atoms with Gasteiger partial charge in [0, 0.05) is 37.6 Å². The second kappa shape index (κ2) is 10.4. The first-order valence-corrected chi connectivity index (χ1v) is 15.4. The molecule has 0 unspecified atom stereocenters. The zero-order chi connectivity index (χ0) is 25.9. The molecule has 0 aliphatic rings. The molecule has 0 radical (unpaired) electrons. The average molecular weight is 506 g/mol. The van der Waals surface area contributed by atoms with Crippen LogP contribution in [0.3, 0.4) is 0 Å². The number of hydrogen-bond donors (Lipinski definition) is 0. The van der Waals surface area contributed by atoms with Crippen LogP contribution in [0.15, 0.2) is 48.8 Å². The third kappa shape index (κ3) is 5.37. The minimum Gasteiger partial charge on any atom is -0.461 e. The van der Waals surface area contributed by atoms with Gasteiger partial charge in [0.1, 0.15) is 35.7 Å². The van der Waals surface area contributed by atoms with Gasteiger partial charge in [0.15, 0.2) is 5.69 Å². The molecule has 3 heterocycles. The predicted octanol–water partition coefficient (Wildman–Crippen LogP) is 5.36. The molecule has 0 aliphatic carbocycles. The molecule has 0 fully saturated rings. The first-order chi connectivity index (χ1) is 17.2. The van der Waals surface area contributed by atoms with Crippen molar-refractivity contribution < 1.29 is 18.7 Å². The Hall–Kier alpha value is -3.81. The van der Waals surface area contributed by atoms with Crippen LogP contribution < -0.4 is 0 Å². The van der Waals surface area contributed by atoms with E-state index in [1.54, 1.807) is 35.7 Å². The molecular formula is C26H28FN5O3Si. The SMILES string of the molecule is CCOC(=O)c1c(-c2ccc3ncc(C#N)n3c2)c(-c2ccc(F)cc2)nn1COCC[Si](C)(C)C. The van der Waals surface area contributed by atoms with Crippen molar-refractivity contribution in [3.05, 3.63) is 66.0 Å². The van der Waals surface area contributed by atoms with Crippen molar-refractivity contribution in [1.82, 2.24) is 19.2 Å². The molecule has 4 aromatic rings. The first kappa shape index (κ1) is 25.3. The summed E-state index contributed by atoms with van der Waals surface area (Å²) in [6.07, 6.45) is 3.23. The largest absolute Gasteiger partial charge is 0.461 e. The van der Waals surface area contributed by atoms with Gasteiger partial charge in [0.25, 0.3) is 0 Å². The fraction of sp³-hybridized carbons (Fsp3) is 0.308. The Bertz CT molecular complexity index is 1430. The summed E-state index contributed by atoms with van der Waals surface area (Å²) < 4.78 is 28.2. The predicted molar refractivity (Wildman–Crippen MR) is 137 cm³/mol. The van der Waals surface area contributed by atoms with Gasteiger partial charge < -0.3 is 9.47 Å². The van der Waals surface area contributed by atoms with Crippen molar-refractivity contribution in [2.75, 3.05) is 13.2 Å². The Kier molecular flexibility index (Phi) is 7.33. The van der Waals surface area contributed by atoms with Crippen molar-refractivity contribution in [2.24, 2.45) is 0 Å². The molecule has 1 aromatic carbocycles. The van der Waals surface area contributed by atoms with Crippen LogP contribution in [0.5, 0.6) is 0 Å². The van der Waals surface area contributed by atoms with Gasteiger partial charge in [-0.15, -0.1) is 0 Å². The molecule has 186 valence electrons. The van der Waals surface area contributed by atoms with E-state index in [2.05, 4.69) is 30.7 Å². The van der Waals surface area contributed by atoms with Crippen molar-refractivity contribution in [3.63, 3.8) is 0 Å². The van der Waals surface area contributed by atoms with Gasteiger partial charge in [-0.05, 0) is 49.4 Å². The first-order valence-electron chi connectivity index (χ1n) is 11.7. The highest BCUT2D eigenvalue weighted by Gasteiger charge is 2.27. The lowest BCUT2D eigenvalue weighted by molar-refractivity contribution is 0.0457. The number of hydrogen-bond acceptors (Lipinski definition) is 6. The van der Waals surface area contributed by atoms with Crippen molar-refractivity contribution in [1.29, 1.82) is 5.26 Å². The van der Waals surface area contributed by atoms with E-state index < -0.39 is 14.0 Å². The molecule has 0 amide bonds. The van der Waals surface area contributed by atoms with Crippen LogP contribution >= 0.6 is 0 Å². The molecule has 0 spiro atoms. The number of esters is 1. The molecule has 10 heteroatoms. The molecule has 0 saturated heterocycles. The number of rotatable bonds is 9. The number of imidazole rings is 1. The van der Waals surface area contributed by atoms with Crippen LogP contribution in [0.1, 0.15) is 23.1 Å². The van der Waals surface area contributed by atoms with E-state index in [4.69, 9.17) is 14.6 Å². The summed E-state index contributed by atoms with van der Waals surface area (Å²) in [5.74, 6) is -0.924. The molecule has 0 aliphatic heterocycles. The average Bonchev–Trinajstić information content (AvgIpc) is 3.43. The number of pyridine rings is 1. The number of carbonyl (C=O) groups excluding carboxylic acids is 1. The van der Waals surface area contributed by atoms with Crippen LogP contribution in [0.25, 0.3) is 28.0 Å². The normalized spacial score (nSPS) is 11.6. The van der Waals surface area contributed by atoms with Crippen LogP contribution in [0.2, 0.25) is 25.7 Å². The van der Waals surface area contributed by atoms with E-state index in [9.17, 15) is 14.4 Å². The summed E-state index contributed by atoms with van der Waals surface area (Å²) in [6.45, 7) is 9.32. The molecule has 0 N–H and O–H groups in total. The monoisotopic (exact) mass is 505 g/mol. The number of aromatic nitrogens is 4. The quantitative estimate of drug-likeness (QED) is 0.173. The minimum absolute atomic E-state index is 0.0591. The lowest BCUT2D eigenvalue weighted by atomic mass is 10.00. The van der Waals surface area contributed by atoms with Crippen LogP contribution in [0.4, 0.5) is 4.39 Å². The van der Waals surface area contributed by atoms with Gasteiger partial charge in [0.2, 0.25) is 0 Å². The number of halogens is 1. The zero-order valence-electron chi connectivity index (χ0n) is 20.8. The lowest BCUT2D eigenvalue weighted by Gasteiger charge is -2.16.